The monoisotopic (exact) mass is 371 g/mol. The van der Waals surface area contributed by atoms with E-state index in [2.05, 4.69) is 5.32 Å². The van der Waals surface area contributed by atoms with Crippen LogP contribution in [-0.2, 0) is 19.1 Å². The minimum Gasteiger partial charge on any atom is -0.481 e. The first-order valence-corrected chi connectivity index (χ1v) is 9.31. The van der Waals surface area contributed by atoms with Crippen molar-refractivity contribution in [2.75, 3.05) is 19.8 Å². The van der Waals surface area contributed by atoms with E-state index >= 15 is 0 Å². The van der Waals surface area contributed by atoms with Crippen LogP contribution in [0, 0.1) is 0 Å². The smallest absolute Gasteiger partial charge is 0.305 e. The van der Waals surface area contributed by atoms with Gasteiger partial charge in [0.15, 0.2) is 0 Å². The van der Waals surface area contributed by atoms with Crippen molar-refractivity contribution in [2.24, 2.45) is 0 Å². The van der Waals surface area contributed by atoms with Crippen LogP contribution in [0.3, 0.4) is 0 Å². The number of carboxylic acids is 1. The number of carboxylic acid groups (broad SMARTS) is 1. The first-order valence-electron chi connectivity index (χ1n) is 9.31. The van der Waals surface area contributed by atoms with Gasteiger partial charge in [0.05, 0.1) is 25.2 Å². The summed E-state index contributed by atoms with van der Waals surface area (Å²) in [7, 11) is 0. The molecule has 1 fully saturated rings. The van der Waals surface area contributed by atoms with Gasteiger partial charge in [-0.05, 0) is 29.2 Å². The van der Waals surface area contributed by atoms with Crippen LogP contribution in [0.5, 0.6) is 0 Å². The maximum Gasteiger partial charge on any atom is 0.305 e. The van der Waals surface area contributed by atoms with Gasteiger partial charge < -0.3 is 19.9 Å². The molecule has 0 radical (unpaired) electrons. The third kappa shape index (κ3) is 5.52. The van der Waals surface area contributed by atoms with Crippen molar-refractivity contribution < 1.29 is 24.2 Å². The molecule has 1 aliphatic heterocycles. The lowest BCUT2D eigenvalue weighted by molar-refractivity contribution is -0.137. The maximum absolute atomic E-state index is 12.4. The molecule has 1 amide bonds. The van der Waals surface area contributed by atoms with E-state index in [1.54, 1.807) is 0 Å². The third-order valence-corrected chi connectivity index (χ3v) is 4.76. The van der Waals surface area contributed by atoms with Crippen LogP contribution in [0.1, 0.15) is 37.3 Å². The molecule has 3 rings (SSSR count). The fraction of sp³-hybridized carbons (Fsp3) is 0.429. The van der Waals surface area contributed by atoms with Crippen molar-refractivity contribution in [2.45, 2.75) is 37.8 Å². The van der Waals surface area contributed by atoms with Gasteiger partial charge in [-0.3, -0.25) is 9.59 Å². The second kappa shape index (κ2) is 9.48. The molecular formula is C21H25NO5. The average molecular weight is 371 g/mol. The lowest BCUT2D eigenvalue weighted by Crippen LogP contribution is -2.32. The Bertz CT molecular complexity index is 780. The van der Waals surface area contributed by atoms with Gasteiger partial charge in [-0.25, -0.2) is 0 Å². The summed E-state index contributed by atoms with van der Waals surface area (Å²) in [5.41, 5.74) is 0.814. The zero-order chi connectivity index (χ0) is 19.1. The molecule has 6 heteroatoms. The number of hydrogen-bond acceptors (Lipinski definition) is 4. The fourth-order valence-electron chi connectivity index (χ4n) is 3.40. The molecule has 0 aliphatic carbocycles. The van der Waals surface area contributed by atoms with Gasteiger partial charge in [0.2, 0.25) is 5.91 Å². The fourth-order valence-corrected chi connectivity index (χ4v) is 3.40. The highest BCUT2D eigenvalue weighted by atomic mass is 16.5. The number of benzene rings is 2. The molecule has 2 aromatic carbocycles. The molecule has 6 nitrogen and oxygen atoms in total. The number of nitrogens with one attached hydrogen (secondary N) is 1. The van der Waals surface area contributed by atoms with Crippen LogP contribution in [0.2, 0.25) is 0 Å². The standard InChI is InChI=1S/C21H25NO5/c23-20(10-13-27-16-8-11-26-12-9-16)22-19(14-21(24)25)18-7-3-5-15-4-1-2-6-17(15)18/h1-7,16,19H,8-14H2,(H,22,23)(H,24,25)/t19-/m1/s1. The number of rotatable bonds is 8. The number of carbonyl (C=O) groups is 2. The minimum atomic E-state index is -0.952. The first kappa shape index (κ1) is 19.3. The zero-order valence-electron chi connectivity index (χ0n) is 15.2. The molecule has 1 saturated heterocycles. The highest BCUT2D eigenvalue weighted by molar-refractivity contribution is 5.87. The quantitative estimate of drug-likeness (QED) is 0.745. The number of hydrogen-bond donors (Lipinski definition) is 2. The van der Waals surface area contributed by atoms with Crippen molar-refractivity contribution in [1.29, 1.82) is 0 Å². The summed E-state index contributed by atoms with van der Waals surface area (Å²) < 4.78 is 11.0. The number of amides is 1. The molecule has 2 aromatic rings. The highest BCUT2D eigenvalue weighted by Gasteiger charge is 2.20. The number of fused-ring (bicyclic) bond motifs is 1. The van der Waals surface area contributed by atoms with Crippen molar-refractivity contribution in [3.05, 3.63) is 48.0 Å². The normalized spacial score (nSPS) is 16.1. The van der Waals surface area contributed by atoms with Gasteiger partial charge in [-0.1, -0.05) is 42.5 Å². The molecule has 0 unspecified atom stereocenters. The Balaban J connectivity index is 1.64. The van der Waals surface area contributed by atoms with Crippen LogP contribution >= 0.6 is 0 Å². The first-order chi connectivity index (χ1) is 13.1. The molecule has 0 spiro atoms. The molecule has 0 saturated carbocycles. The van der Waals surface area contributed by atoms with Crippen LogP contribution in [0.4, 0.5) is 0 Å². The van der Waals surface area contributed by atoms with Gasteiger partial charge in [0.25, 0.3) is 0 Å². The molecule has 1 heterocycles. The van der Waals surface area contributed by atoms with E-state index in [4.69, 9.17) is 9.47 Å². The Kier molecular flexibility index (Phi) is 6.79. The van der Waals surface area contributed by atoms with E-state index in [9.17, 15) is 14.7 Å². The highest BCUT2D eigenvalue weighted by Crippen LogP contribution is 2.26. The molecule has 27 heavy (non-hydrogen) atoms. The Morgan fingerprint density at radius 2 is 1.89 bits per heavy atom. The molecule has 0 aromatic heterocycles. The van der Waals surface area contributed by atoms with E-state index in [1.165, 1.54) is 0 Å². The average Bonchev–Trinajstić information content (AvgIpc) is 2.67. The second-order valence-electron chi connectivity index (χ2n) is 6.72. The van der Waals surface area contributed by atoms with E-state index in [1.807, 2.05) is 42.5 Å². The third-order valence-electron chi connectivity index (χ3n) is 4.76. The lowest BCUT2D eigenvalue weighted by Gasteiger charge is -2.23. The van der Waals surface area contributed by atoms with Crippen LogP contribution < -0.4 is 5.32 Å². The van der Waals surface area contributed by atoms with Crippen LogP contribution in [0.25, 0.3) is 10.8 Å². The minimum absolute atomic E-state index is 0.138. The SMILES string of the molecule is O=C(O)C[C@@H](NC(=O)CCOC1CCOCC1)c1cccc2ccccc12. The second-order valence-corrected chi connectivity index (χ2v) is 6.72. The molecule has 144 valence electrons. The maximum atomic E-state index is 12.4. The van der Waals surface area contributed by atoms with Crippen molar-refractivity contribution in [3.8, 4) is 0 Å². The number of ether oxygens (including phenoxy) is 2. The Hall–Kier alpha value is -2.44. The zero-order valence-corrected chi connectivity index (χ0v) is 15.2. The summed E-state index contributed by atoms with van der Waals surface area (Å²) in [6.07, 6.45) is 1.87. The summed E-state index contributed by atoms with van der Waals surface area (Å²) in [6.45, 7) is 1.71. The van der Waals surface area contributed by atoms with E-state index in [-0.39, 0.29) is 24.9 Å². The van der Waals surface area contributed by atoms with E-state index in [0.717, 1.165) is 29.2 Å². The number of aliphatic carboxylic acids is 1. The van der Waals surface area contributed by atoms with Gasteiger partial charge >= 0.3 is 5.97 Å². The van der Waals surface area contributed by atoms with Crippen molar-refractivity contribution in [1.82, 2.24) is 5.32 Å². The summed E-state index contributed by atoms with van der Waals surface area (Å²) in [5, 5.41) is 14.1. The van der Waals surface area contributed by atoms with Gasteiger partial charge in [-0.2, -0.15) is 0 Å². The molecular weight excluding hydrogens is 346 g/mol. The largest absolute Gasteiger partial charge is 0.481 e. The topological polar surface area (TPSA) is 84.9 Å². The van der Waals surface area contributed by atoms with Crippen molar-refractivity contribution >= 4 is 22.6 Å². The summed E-state index contributed by atoms with van der Waals surface area (Å²) in [5.74, 6) is -1.16. The van der Waals surface area contributed by atoms with Crippen LogP contribution in [0.15, 0.2) is 42.5 Å². The van der Waals surface area contributed by atoms with E-state index < -0.39 is 12.0 Å². The predicted octanol–water partition coefficient (Wildman–Crippen LogP) is 3.06. The Morgan fingerprint density at radius 1 is 1.15 bits per heavy atom. The molecule has 1 atom stereocenters. The Labute approximate surface area is 158 Å². The summed E-state index contributed by atoms with van der Waals surface area (Å²) in [4.78, 5) is 23.7. The van der Waals surface area contributed by atoms with Gasteiger partial charge in [0.1, 0.15) is 0 Å². The van der Waals surface area contributed by atoms with E-state index in [0.29, 0.717) is 19.8 Å². The predicted molar refractivity (Wildman–Crippen MR) is 101 cm³/mol. The lowest BCUT2D eigenvalue weighted by atomic mass is 9.96. The molecule has 1 aliphatic rings. The number of carbonyl (C=O) groups excluding carboxylic acids is 1. The van der Waals surface area contributed by atoms with Gasteiger partial charge in [-0.15, -0.1) is 0 Å². The molecule has 2 N–H and O–H groups in total. The van der Waals surface area contributed by atoms with Gasteiger partial charge in [0, 0.05) is 19.6 Å². The van der Waals surface area contributed by atoms with Crippen LogP contribution in [-0.4, -0.2) is 42.9 Å². The Morgan fingerprint density at radius 3 is 2.67 bits per heavy atom. The molecule has 0 bridgehead atoms. The summed E-state index contributed by atoms with van der Waals surface area (Å²) >= 11 is 0. The van der Waals surface area contributed by atoms with Crippen molar-refractivity contribution in [3.63, 3.8) is 0 Å². The summed E-state index contributed by atoms with van der Waals surface area (Å²) in [6, 6.07) is 12.9.